The van der Waals surface area contributed by atoms with Crippen LogP contribution in [0.25, 0.3) is 0 Å². The summed E-state index contributed by atoms with van der Waals surface area (Å²) in [6, 6.07) is 6.92. The Bertz CT molecular complexity index is 899. The quantitative estimate of drug-likeness (QED) is 0.398. The zero-order valence-electron chi connectivity index (χ0n) is 13.2. The topological polar surface area (TPSA) is 29.1 Å². The van der Waals surface area contributed by atoms with Gasteiger partial charge in [0.1, 0.15) is 0 Å². The minimum absolute atomic E-state index is 0.00661. The number of benzene rings is 2. The van der Waals surface area contributed by atoms with Gasteiger partial charge in [0.15, 0.2) is 0 Å². The van der Waals surface area contributed by atoms with Gasteiger partial charge < -0.3 is 5.32 Å². The molecule has 136 valence electrons. The molecule has 1 atom stereocenters. The highest BCUT2D eigenvalue weighted by Gasteiger charge is 2.51. The Morgan fingerprint density at radius 3 is 2.58 bits per heavy atom. The molecule has 1 aliphatic rings. The van der Waals surface area contributed by atoms with Gasteiger partial charge in [0.25, 0.3) is 5.91 Å². The van der Waals surface area contributed by atoms with E-state index < -0.39 is 23.3 Å². The van der Waals surface area contributed by atoms with E-state index in [1.54, 1.807) is 18.2 Å². The number of hydrogen-bond acceptors (Lipinski definition) is 2. The van der Waals surface area contributed by atoms with Crippen LogP contribution in [0.3, 0.4) is 0 Å². The first-order valence-corrected chi connectivity index (χ1v) is 8.80. The third-order valence-corrected chi connectivity index (χ3v) is 5.25. The molecule has 0 bridgehead atoms. The lowest BCUT2D eigenvalue weighted by Gasteiger charge is -2.22. The van der Waals surface area contributed by atoms with Gasteiger partial charge in [-0.05, 0) is 30.3 Å². The molecule has 0 fully saturated rings. The molecule has 2 aromatic carbocycles. The minimum atomic E-state index is -4.59. The second kappa shape index (κ2) is 6.63. The first-order valence-electron chi connectivity index (χ1n) is 7.43. The number of rotatable bonds is 4. The van der Waals surface area contributed by atoms with E-state index in [-0.39, 0.29) is 21.8 Å². The van der Waals surface area contributed by atoms with E-state index in [2.05, 4.69) is 11.9 Å². The van der Waals surface area contributed by atoms with Gasteiger partial charge in [-0.2, -0.15) is 13.2 Å². The van der Waals surface area contributed by atoms with Crippen LogP contribution in [0.1, 0.15) is 16.7 Å². The summed E-state index contributed by atoms with van der Waals surface area (Å²) in [5.41, 5.74) is -3.97. The third kappa shape index (κ3) is 3.10. The highest BCUT2D eigenvalue weighted by molar-refractivity contribution is 7.99. The van der Waals surface area contributed by atoms with Crippen molar-refractivity contribution < 1.29 is 22.4 Å². The van der Waals surface area contributed by atoms with Crippen molar-refractivity contribution in [2.75, 3.05) is 11.1 Å². The van der Waals surface area contributed by atoms with E-state index in [0.717, 1.165) is 18.2 Å². The van der Waals surface area contributed by atoms with E-state index >= 15 is 4.39 Å². The van der Waals surface area contributed by atoms with Crippen molar-refractivity contribution >= 4 is 35.0 Å². The summed E-state index contributed by atoms with van der Waals surface area (Å²) in [4.78, 5) is 12.9. The first kappa shape index (κ1) is 18.8. The van der Waals surface area contributed by atoms with Crippen LogP contribution in [0.4, 0.5) is 23.2 Å². The Balaban J connectivity index is 2.17. The van der Waals surface area contributed by atoms with Crippen molar-refractivity contribution in [3.8, 4) is 0 Å². The molecular formula is C18H12ClF4NOS. The molecule has 0 aromatic heterocycles. The molecule has 2 aromatic rings. The van der Waals surface area contributed by atoms with Crippen molar-refractivity contribution in [2.45, 2.75) is 16.7 Å². The molecule has 1 aliphatic heterocycles. The lowest BCUT2D eigenvalue weighted by Crippen LogP contribution is -2.31. The number of hydrogen-bond donors (Lipinski definition) is 1. The maximum atomic E-state index is 15.9. The van der Waals surface area contributed by atoms with Gasteiger partial charge in [-0.3, -0.25) is 4.79 Å². The van der Waals surface area contributed by atoms with E-state index in [0.29, 0.717) is 10.6 Å². The minimum Gasteiger partial charge on any atom is -0.322 e. The smallest absolute Gasteiger partial charge is 0.322 e. The van der Waals surface area contributed by atoms with Crippen molar-refractivity contribution in [3.05, 3.63) is 70.8 Å². The molecule has 0 spiro atoms. The van der Waals surface area contributed by atoms with Crippen molar-refractivity contribution in [1.82, 2.24) is 0 Å². The molecule has 1 N–H and O–H groups in total. The second-order valence-corrected chi connectivity index (χ2v) is 7.11. The van der Waals surface area contributed by atoms with Crippen molar-refractivity contribution in [1.29, 1.82) is 0 Å². The number of nitrogens with one attached hydrogen (secondary N) is 1. The average molecular weight is 402 g/mol. The Morgan fingerprint density at radius 2 is 1.92 bits per heavy atom. The molecule has 3 rings (SSSR count). The molecule has 0 saturated carbocycles. The van der Waals surface area contributed by atoms with Gasteiger partial charge in [-0.15, -0.1) is 18.3 Å². The predicted octanol–water partition coefficient (Wildman–Crippen LogP) is 5.80. The summed E-state index contributed by atoms with van der Waals surface area (Å²) in [5, 5.41) is 2.43. The largest absolute Gasteiger partial charge is 0.416 e. The Labute approximate surface area is 156 Å². The van der Waals surface area contributed by atoms with E-state index in [4.69, 9.17) is 11.6 Å². The number of carbonyl (C=O) groups excluding carboxylic acids is 1. The maximum absolute atomic E-state index is 15.9. The van der Waals surface area contributed by atoms with Crippen LogP contribution < -0.4 is 5.32 Å². The van der Waals surface area contributed by atoms with Crippen LogP contribution >= 0.6 is 23.4 Å². The number of amides is 1. The average Bonchev–Trinajstić information content (AvgIpc) is 2.84. The molecule has 1 amide bonds. The predicted molar refractivity (Wildman–Crippen MR) is 94.3 cm³/mol. The highest BCUT2D eigenvalue weighted by Crippen LogP contribution is 2.48. The van der Waals surface area contributed by atoms with Crippen LogP contribution in [0.2, 0.25) is 5.02 Å². The van der Waals surface area contributed by atoms with Crippen molar-refractivity contribution in [3.63, 3.8) is 0 Å². The number of halogens is 5. The van der Waals surface area contributed by atoms with E-state index in [1.807, 2.05) is 0 Å². The summed E-state index contributed by atoms with van der Waals surface area (Å²) >= 11 is 7.22. The van der Waals surface area contributed by atoms with Crippen LogP contribution in [0, 0.1) is 0 Å². The summed E-state index contributed by atoms with van der Waals surface area (Å²) in [5.74, 6) is -0.582. The lowest BCUT2D eigenvalue weighted by molar-refractivity contribution is -0.137. The molecule has 8 heteroatoms. The standard InChI is InChI=1S/C18H12ClF4NOS/c1-2-7-26-15-6-4-11(19)9-13(15)17(20)12-5-3-10(18(21,22)23)8-14(12)24-16(17)25/h2-6,8-9H,1,7H2,(H,24,25). The molecule has 2 nitrogen and oxygen atoms in total. The summed E-state index contributed by atoms with van der Waals surface area (Å²) in [6.45, 7) is 3.59. The zero-order chi connectivity index (χ0) is 19.1. The van der Waals surface area contributed by atoms with Crippen molar-refractivity contribution in [2.24, 2.45) is 0 Å². The molecule has 0 radical (unpaired) electrons. The Morgan fingerprint density at radius 1 is 1.19 bits per heavy atom. The summed E-state index contributed by atoms with van der Waals surface area (Å²) < 4.78 is 54.6. The van der Waals surface area contributed by atoms with Gasteiger partial charge >= 0.3 is 6.18 Å². The second-order valence-electron chi connectivity index (χ2n) is 5.61. The van der Waals surface area contributed by atoms with Gasteiger partial charge in [0.2, 0.25) is 5.67 Å². The van der Waals surface area contributed by atoms with Crippen LogP contribution in [-0.4, -0.2) is 11.7 Å². The highest BCUT2D eigenvalue weighted by atomic mass is 35.5. The normalized spacial score (nSPS) is 19.2. The Hall–Kier alpha value is -1.99. The molecular weight excluding hydrogens is 390 g/mol. The van der Waals surface area contributed by atoms with E-state index in [9.17, 15) is 18.0 Å². The molecule has 0 aliphatic carbocycles. The number of carbonyl (C=O) groups is 1. The maximum Gasteiger partial charge on any atom is 0.416 e. The number of fused-ring (bicyclic) bond motifs is 1. The fourth-order valence-corrected chi connectivity index (χ4v) is 3.76. The van der Waals surface area contributed by atoms with Crippen LogP contribution in [0.15, 0.2) is 53.9 Å². The SMILES string of the molecule is C=CCSc1ccc(Cl)cc1C1(F)C(=O)Nc2cc(C(F)(F)F)ccc21. The fourth-order valence-electron chi connectivity index (χ4n) is 2.77. The van der Waals surface area contributed by atoms with Crippen LogP contribution in [0.5, 0.6) is 0 Å². The molecule has 0 saturated heterocycles. The van der Waals surface area contributed by atoms with Gasteiger partial charge in [-0.25, -0.2) is 4.39 Å². The Kier molecular flexibility index (Phi) is 4.79. The van der Waals surface area contributed by atoms with Gasteiger partial charge in [0, 0.05) is 32.5 Å². The fraction of sp³-hybridized carbons (Fsp3) is 0.167. The molecule has 26 heavy (non-hydrogen) atoms. The van der Waals surface area contributed by atoms with E-state index in [1.165, 1.54) is 17.8 Å². The summed E-state index contributed by atoms with van der Waals surface area (Å²) in [6.07, 6.45) is -2.98. The molecule has 1 unspecified atom stereocenters. The first-order chi connectivity index (χ1) is 12.2. The number of thioether (sulfide) groups is 1. The summed E-state index contributed by atoms with van der Waals surface area (Å²) in [7, 11) is 0. The number of alkyl halides is 4. The third-order valence-electron chi connectivity index (χ3n) is 3.95. The zero-order valence-corrected chi connectivity index (χ0v) is 14.7. The van der Waals surface area contributed by atoms with Gasteiger partial charge in [0.05, 0.1) is 5.56 Å². The molecule has 1 heterocycles. The lowest BCUT2D eigenvalue weighted by atomic mass is 9.88. The number of anilines is 1. The van der Waals surface area contributed by atoms with Crippen LogP contribution in [-0.2, 0) is 16.6 Å². The monoisotopic (exact) mass is 401 g/mol. The van der Waals surface area contributed by atoms with Gasteiger partial charge in [-0.1, -0.05) is 23.7 Å².